The SMILES string of the molecule is COC[C@@H](C)NC(=S)N/N=C(/C)c1ccc(OC)c(F)c1. The highest BCUT2D eigenvalue weighted by molar-refractivity contribution is 7.80. The lowest BCUT2D eigenvalue weighted by atomic mass is 10.1. The molecule has 7 heteroatoms. The monoisotopic (exact) mass is 313 g/mol. The molecule has 0 radical (unpaired) electrons. The van der Waals surface area contributed by atoms with E-state index in [1.165, 1.54) is 13.2 Å². The maximum absolute atomic E-state index is 13.6. The molecule has 0 unspecified atom stereocenters. The average molecular weight is 313 g/mol. The van der Waals surface area contributed by atoms with Crippen LogP contribution < -0.4 is 15.5 Å². The molecule has 5 nitrogen and oxygen atoms in total. The van der Waals surface area contributed by atoms with E-state index in [-0.39, 0.29) is 11.8 Å². The molecular formula is C14H20FN3O2S. The molecule has 0 aliphatic heterocycles. The Morgan fingerprint density at radius 3 is 2.71 bits per heavy atom. The van der Waals surface area contributed by atoms with Gasteiger partial charge in [-0.3, -0.25) is 5.43 Å². The number of halogens is 1. The summed E-state index contributed by atoms with van der Waals surface area (Å²) in [5, 5.41) is 7.51. The van der Waals surface area contributed by atoms with Gasteiger partial charge in [0, 0.05) is 18.7 Å². The lowest BCUT2D eigenvalue weighted by Crippen LogP contribution is -2.40. The van der Waals surface area contributed by atoms with Crippen molar-refractivity contribution < 1.29 is 13.9 Å². The van der Waals surface area contributed by atoms with Crippen molar-refractivity contribution in [3.63, 3.8) is 0 Å². The molecule has 0 spiro atoms. The summed E-state index contributed by atoms with van der Waals surface area (Å²) in [6.45, 7) is 4.23. The van der Waals surface area contributed by atoms with Gasteiger partial charge >= 0.3 is 0 Å². The zero-order valence-electron chi connectivity index (χ0n) is 12.6. The summed E-state index contributed by atoms with van der Waals surface area (Å²) in [5.41, 5.74) is 3.98. The van der Waals surface area contributed by atoms with Gasteiger partial charge in [-0.2, -0.15) is 5.10 Å². The smallest absolute Gasteiger partial charge is 0.187 e. The Kier molecular flexibility index (Phi) is 7.04. The second-order valence-corrected chi connectivity index (χ2v) is 4.90. The van der Waals surface area contributed by atoms with E-state index < -0.39 is 5.82 Å². The van der Waals surface area contributed by atoms with Crippen molar-refractivity contribution in [2.75, 3.05) is 20.8 Å². The summed E-state index contributed by atoms with van der Waals surface area (Å²) in [6.07, 6.45) is 0. The first-order chi connectivity index (χ1) is 9.97. The van der Waals surface area contributed by atoms with Crippen molar-refractivity contribution >= 4 is 23.0 Å². The number of thiocarbonyl (C=S) groups is 1. The van der Waals surface area contributed by atoms with Gasteiger partial charge in [-0.25, -0.2) is 4.39 Å². The van der Waals surface area contributed by atoms with E-state index in [0.29, 0.717) is 23.0 Å². The van der Waals surface area contributed by atoms with Gasteiger partial charge in [-0.05, 0) is 44.3 Å². The number of benzene rings is 1. The maximum Gasteiger partial charge on any atom is 0.187 e. The molecule has 1 atom stereocenters. The van der Waals surface area contributed by atoms with Crippen LogP contribution in [0.25, 0.3) is 0 Å². The Hall–Kier alpha value is -1.73. The third-order valence-corrected chi connectivity index (χ3v) is 2.90. The molecule has 1 rings (SSSR count). The van der Waals surface area contributed by atoms with Gasteiger partial charge in [0.15, 0.2) is 16.7 Å². The van der Waals surface area contributed by atoms with Crippen molar-refractivity contribution in [3.05, 3.63) is 29.6 Å². The first-order valence-electron chi connectivity index (χ1n) is 6.41. The first kappa shape index (κ1) is 17.3. The van der Waals surface area contributed by atoms with E-state index in [1.54, 1.807) is 26.2 Å². The van der Waals surface area contributed by atoms with Crippen LogP contribution in [0.4, 0.5) is 4.39 Å². The second kappa shape index (κ2) is 8.53. The van der Waals surface area contributed by atoms with Crippen LogP contribution in [0.15, 0.2) is 23.3 Å². The molecule has 0 aliphatic carbocycles. The number of hydrogen-bond donors (Lipinski definition) is 2. The third-order valence-electron chi connectivity index (χ3n) is 2.69. The normalized spacial score (nSPS) is 12.7. The molecular weight excluding hydrogens is 293 g/mol. The minimum Gasteiger partial charge on any atom is -0.494 e. The molecule has 1 aromatic rings. The van der Waals surface area contributed by atoms with Gasteiger partial charge in [0.1, 0.15) is 0 Å². The lowest BCUT2D eigenvalue weighted by molar-refractivity contribution is 0.179. The Balaban J connectivity index is 2.64. The summed E-state index contributed by atoms with van der Waals surface area (Å²) < 4.78 is 23.5. The van der Waals surface area contributed by atoms with E-state index in [2.05, 4.69) is 15.8 Å². The molecule has 116 valence electrons. The van der Waals surface area contributed by atoms with E-state index in [9.17, 15) is 4.39 Å². The third kappa shape index (κ3) is 5.65. The quantitative estimate of drug-likeness (QED) is 0.478. The molecule has 0 aliphatic rings. The van der Waals surface area contributed by atoms with Gasteiger partial charge < -0.3 is 14.8 Å². The standard InChI is InChI=1S/C14H20FN3O2S/c1-9(8-19-3)16-14(21)18-17-10(2)11-5-6-13(20-4)12(15)7-11/h5-7,9H,8H2,1-4H3,(H2,16,18,21)/b17-10-/t9-/m1/s1. The minimum absolute atomic E-state index is 0.0731. The van der Waals surface area contributed by atoms with Gasteiger partial charge in [0.25, 0.3) is 0 Å². The Bertz CT molecular complexity index is 523. The predicted molar refractivity (Wildman–Crippen MR) is 85.4 cm³/mol. The number of nitrogens with zero attached hydrogens (tertiary/aromatic N) is 1. The molecule has 2 N–H and O–H groups in total. The maximum atomic E-state index is 13.6. The lowest BCUT2D eigenvalue weighted by Gasteiger charge is -2.14. The molecule has 0 fully saturated rings. The largest absolute Gasteiger partial charge is 0.494 e. The highest BCUT2D eigenvalue weighted by Crippen LogP contribution is 2.17. The van der Waals surface area contributed by atoms with Gasteiger partial charge in [-0.1, -0.05) is 0 Å². The summed E-state index contributed by atoms with van der Waals surface area (Å²) >= 11 is 5.10. The molecule has 0 heterocycles. The van der Waals surface area contributed by atoms with E-state index in [0.717, 1.165) is 0 Å². The predicted octanol–water partition coefficient (Wildman–Crippen LogP) is 2.06. The fourth-order valence-electron chi connectivity index (χ4n) is 1.64. The van der Waals surface area contributed by atoms with Crippen LogP contribution in [0.5, 0.6) is 5.75 Å². The first-order valence-corrected chi connectivity index (χ1v) is 6.82. The van der Waals surface area contributed by atoms with Gasteiger partial charge in [0.05, 0.1) is 19.4 Å². The molecule has 1 aromatic carbocycles. The van der Waals surface area contributed by atoms with E-state index >= 15 is 0 Å². The van der Waals surface area contributed by atoms with Crippen LogP contribution in [-0.4, -0.2) is 37.7 Å². The topological polar surface area (TPSA) is 54.9 Å². The average Bonchev–Trinajstić information content (AvgIpc) is 2.44. The van der Waals surface area contributed by atoms with Crippen molar-refractivity contribution in [1.29, 1.82) is 0 Å². The number of hydrogen-bond acceptors (Lipinski definition) is 4. The van der Waals surface area contributed by atoms with Crippen LogP contribution >= 0.6 is 12.2 Å². The van der Waals surface area contributed by atoms with E-state index in [4.69, 9.17) is 21.7 Å². The fraction of sp³-hybridized carbons (Fsp3) is 0.429. The van der Waals surface area contributed by atoms with Crippen LogP contribution in [0, 0.1) is 5.82 Å². The Morgan fingerprint density at radius 2 is 2.14 bits per heavy atom. The number of nitrogens with one attached hydrogen (secondary N) is 2. The fourth-order valence-corrected chi connectivity index (χ4v) is 1.89. The number of rotatable bonds is 6. The molecule has 0 aromatic heterocycles. The molecule has 0 bridgehead atoms. The zero-order chi connectivity index (χ0) is 15.8. The molecule has 0 saturated heterocycles. The second-order valence-electron chi connectivity index (χ2n) is 4.49. The van der Waals surface area contributed by atoms with Crippen LogP contribution in [0.2, 0.25) is 0 Å². The summed E-state index contributed by atoms with van der Waals surface area (Å²) in [5.74, 6) is -0.232. The van der Waals surface area contributed by atoms with Crippen molar-refractivity contribution in [2.45, 2.75) is 19.9 Å². The number of methoxy groups -OCH3 is 2. The van der Waals surface area contributed by atoms with Crippen LogP contribution in [0.3, 0.4) is 0 Å². The van der Waals surface area contributed by atoms with E-state index in [1.807, 2.05) is 6.92 Å². The van der Waals surface area contributed by atoms with Crippen LogP contribution in [-0.2, 0) is 4.74 Å². The highest BCUT2D eigenvalue weighted by atomic mass is 32.1. The summed E-state index contributed by atoms with van der Waals surface area (Å²) in [6, 6.07) is 4.72. The van der Waals surface area contributed by atoms with Crippen molar-refractivity contribution in [3.8, 4) is 5.75 Å². The zero-order valence-corrected chi connectivity index (χ0v) is 13.4. The van der Waals surface area contributed by atoms with Gasteiger partial charge in [-0.15, -0.1) is 0 Å². The Labute approximate surface area is 129 Å². The number of ether oxygens (including phenoxy) is 2. The summed E-state index contributed by atoms with van der Waals surface area (Å²) in [7, 11) is 3.04. The molecule has 21 heavy (non-hydrogen) atoms. The summed E-state index contributed by atoms with van der Waals surface area (Å²) in [4.78, 5) is 0. The van der Waals surface area contributed by atoms with Gasteiger partial charge in [0.2, 0.25) is 0 Å². The Morgan fingerprint density at radius 1 is 1.43 bits per heavy atom. The van der Waals surface area contributed by atoms with Crippen LogP contribution in [0.1, 0.15) is 19.4 Å². The molecule has 0 amide bonds. The highest BCUT2D eigenvalue weighted by Gasteiger charge is 2.06. The minimum atomic E-state index is -0.432. The van der Waals surface area contributed by atoms with Crippen molar-refractivity contribution in [2.24, 2.45) is 5.10 Å². The van der Waals surface area contributed by atoms with Crippen molar-refractivity contribution in [1.82, 2.24) is 10.7 Å². The number of hydrazone groups is 1. The molecule has 0 saturated carbocycles.